The fourth-order valence-corrected chi connectivity index (χ4v) is 18.6. The molecule has 0 aliphatic heterocycles. The van der Waals surface area contributed by atoms with Crippen molar-refractivity contribution >= 4 is 151 Å². The maximum Gasteiger partial charge on any atom is 0.180 e. The summed E-state index contributed by atoms with van der Waals surface area (Å²) in [6.45, 7) is 0. The predicted octanol–water partition coefficient (Wildman–Crippen LogP) is 26.3. The van der Waals surface area contributed by atoms with Gasteiger partial charge in [0.15, 0.2) is 57.8 Å². The zero-order valence-electron chi connectivity index (χ0n) is 59.9. The van der Waals surface area contributed by atoms with Gasteiger partial charge in [-0.2, -0.15) is 0 Å². The molecule has 10 aromatic heterocycles. The molecule has 0 saturated carbocycles. The molecule has 24 aromatic rings. The van der Waals surface area contributed by atoms with Crippen molar-refractivity contribution in [3.8, 4) is 125 Å². The van der Waals surface area contributed by atoms with Gasteiger partial charge in [-0.25, -0.2) is 49.8 Å². The largest absolute Gasteiger partial charge is 0.456 e. The van der Waals surface area contributed by atoms with Crippen LogP contribution in [0.25, 0.3) is 253 Å². The lowest BCUT2D eigenvalue weighted by Crippen LogP contribution is -2.00. The van der Waals surface area contributed by atoms with E-state index < -0.39 is 0 Å². The normalized spacial score (nSPS) is 12.0. The Balaban J connectivity index is 0.655. The van der Waals surface area contributed by atoms with Crippen LogP contribution in [0.4, 0.5) is 0 Å². The summed E-state index contributed by atoms with van der Waals surface area (Å²) < 4.78 is 31.1. The van der Waals surface area contributed by atoms with Crippen molar-refractivity contribution in [2.45, 2.75) is 0 Å². The fraction of sp³-hybridized carbons (Fsp3) is 0. The van der Waals surface area contributed by atoms with E-state index in [0.29, 0.717) is 80.2 Å². The Kier molecular flexibility index (Phi) is 14.1. The molecular formula is C98H52N10O4S2. The lowest BCUT2D eigenvalue weighted by molar-refractivity contribution is 0.667. The molecule has 114 heavy (non-hydrogen) atoms. The molecule has 0 aliphatic rings. The molecule has 24 rings (SSSR count). The van der Waals surface area contributed by atoms with Crippen LogP contribution in [-0.2, 0) is 0 Å². The smallest absolute Gasteiger partial charge is 0.180 e. The first-order chi connectivity index (χ1) is 56.4. The molecule has 530 valence electrons. The van der Waals surface area contributed by atoms with Gasteiger partial charge in [0, 0.05) is 128 Å². The Morgan fingerprint density at radius 1 is 0.193 bits per heavy atom. The van der Waals surface area contributed by atoms with E-state index in [9.17, 15) is 0 Å². The third-order valence-corrected chi connectivity index (χ3v) is 24.0. The quantitative estimate of drug-likeness (QED) is 0.119. The maximum absolute atomic E-state index is 6.91. The topological polar surface area (TPSA) is 181 Å². The van der Waals surface area contributed by atoms with Crippen LogP contribution in [0.3, 0.4) is 0 Å². The highest BCUT2D eigenvalue weighted by atomic mass is 32.1. The summed E-state index contributed by atoms with van der Waals surface area (Å²) in [5, 5.41) is 9.77. The highest BCUT2D eigenvalue weighted by Gasteiger charge is 2.27. The number of hydrogen-bond acceptors (Lipinski definition) is 16. The summed E-state index contributed by atoms with van der Waals surface area (Å²) in [7, 11) is 0. The molecule has 0 spiro atoms. The van der Waals surface area contributed by atoms with Gasteiger partial charge in [0.1, 0.15) is 55.9 Å². The minimum absolute atomic E-state index is 0.527. The molecule has 16 heteroatoms. The number of aromatic nitrogens is 10. The minimum Gasteiger partial charge on any atom is -0.456 e. The van der Waals surface area contributed by atoms with Crippen LogP contribution >= 0.6 is 22.7 Å². The van der Waals surface area contributed by atoms with Crippen molar-refractivity contribution in [3.63, 3.8) is 0 Å². The van der Waals surface area contributed by atoms with Crippen molar-refractivity contribution in [1.82, 2.24) is 49.8 Å². The van der Waals surface area contributed by atoms with Crippen LogP contribution in [0.2, 0.25) is 0 Å². The molecule has 0 fully saturated rings. The number of hydrogen-bond donors (Lipinski definition) is 0. The van der Waals surface area contributed by atoms with Gasteiger partial charge in [0.05, 0.1) is 0 Å². The number of nitrogens with zero attached hydrogens (tertiary/aromatic N) is 10. The van der Waals surface area contributed by atoms with Crippen molar-refractivity contribution in [3.05, 3.63) is 315 Å². The van der Waals surface area contributed by atoms with Crippen LogP contribution in [0.1, 0.15) is 0 Å². The first kappa shape index (κ1) is 63.8. The number of fused-ring (bicyclic) bond motifs is 18. The summed E-state index contributed by atoms with van der Waals surface area (Å²) in [6.07, 6.45) is 0. The van der Waals surface area contributed by atoms with Gasteiger partial charge in [-0.1, -0.05) is 206 Å². The van der Waals surface area contributed by atoms with E-state index in [4.69, 9.17) is 67.5 Å². The number of para-hydroxylation sites is 3. The highest BCUT2D eigenvalue weighted by molar-refractivity contribution is 7.26. The number of rotatable bonds is 11. The average molecular weight is 1500 g/mol. The Hall–Kier alpha value is -15.1. The monoisotopic (exact) mass is 1500 g/mol. The minimum atomic E-state index is 0.527. The van der Waals surface area contributed by atoms with Crippen molar-refractivity contribution in [2.24, 2.45) is 0 Å². The highest BCUT2D eigenvalue weighted by Crippen LogP contribution is 2.50. The number of thiophene rings is 2. The lowest BCUT2D eigenvalue weighted by atomic mass is 9.96. The second kappa shape index (κ2) is 25.2. The van der Waals surface area contributed by atoms with E-state index in [0.717, 1.165) is 173 Å². The maximum atomic E-state index is 6.91. The van der Waals surface area contributed by atoms with Gasteiger partial charge in [-0.05, 0) is 120 Å². The third-order valence-electron chi connectivity index (χ3n) is 21.7. The Bertz CT molecular complexity index is 8020. The Labute approximate surface area is 654 Å². The summed E-state index contributed by atoms with van der Waals surface area (Å²) >= 11 is 3.47. The average Bonchev–Trinajstić information content (AvgIpc) is 1.62. The standard InChI is InChI=1S/C98H52N10O4S2/c1-5-20-53(21-6-1)91-103-92(54-22-7-2-8-23-54)106-97(105-91)67-31-19-35-81-82(67)71-49-58(39-46-79(71)113-81)84-88-87(66-30-15-18-34-75(66)111-88)102-96(100-84)61-36-41-64-69-48-57(37-44-77(69)110-78(64)52-61)62-42-43-68(98-107-93(55-24-9-3-10-25-55)104-94(108-98)56-26-11-4-12-27-56)83-72-50-59(40-47-80(72)114-90(62)83)85-89-86(65-29-14-17-33-74(65)112-89)101-95(99-85)60-38-45-76-70(51-60)63-28-13-16-32-73(63)109-76/h1-52H. The molecule has 0 atom stereocenters. The number of furan rings is 4. The van der Waals surface area contributed by atoms with E-state index >= 15 is 0 Å². The van der Waals surface area contributed by atoms with Crippen LogP contribution in [0, 0.1) is 0 Å². The zero-order valence-corrected chi connectivity index (χ0v) is 61.6. The van der Waals surface area contributed by atoms with Gasteiger partial charge >= 0.3 is 0 Å². The van der Waals surface area contributed by atoms with E-state index in [1.807, 2.05) is 188 Å². The van der Waals surface area contributed by atoms with Crippen LogP contribution in [-0.4, -0.2) is 49.8 Å². The predicted molar refractivity (Wildman–Crippen MR) is 459 cm³/mol. The van der Waals surface area contributed by atoms with Crippen LogP contribution in [0.5, 0.6) is 0 Å². The van der Waals surface area contributed by atoms with Gasteiger partial charge in [-0.15, -0.1) is 22.7 Å². The van der Waals surface area contributed by atoms with E-state index in [2.05, 4.69) is 127 Å². The SMILES string of the molecule is c1ccc(-c2nc(-c3ccccc3)nc(-c3cccc4sc5ccc(-c6nc(-c7ccc8c(c7)oc7ccc(-c9ccc(-c%10nc(-c%11ccccc%11)nc(-c%11ccccc%11)n%10)c%10c9sc9ccc(-c%11nc(-c%12ccc%13oc%14ccccc%14c%13c%12)nc%12c%11oc%11ccccc%11%12)cc9%10)cc78)nc7c6oc6ccccc67)cc5c34)n2)cc1. The molecule has 0 saturated heterocycles. The van der Waals surface area contributed by atoms with Crippen LogP contribution in [0.15, 0.2) is 333 Å². The fourth-order valence-electron chi connectivity index (χ4n) is 16.2. The zero-order chi connectivity index (χ0) is 74.6. The molecule has 0 N–H and O–H groups in total. The first-order valence-corrected chi connectivity index (χ1v) is 39.0. The second-order valence-electron chi connectivity index (χ2n) is 28.4. The summed E-state index contributed by atoms with van der Waals surface area (Å²) in [4.78, 5) is 52.9. The van der Waals surface area contributed by atoms with E-state index in [1.165, 1.54) is 0 Å². The molecular weight excluding hydrogens is 1450 g/mol. The molecule has 0 unspecified atom stereocenters. The van der Waals surface area contributed by atoms with E-state index in [-0.39, 0.29) is 0 Å². The number of benzene rings is 14. The van der Waals surface area contributed by atoms with Crippen LogP contribution < -0.4 is 0 Å². The molecule has 0 aliphatic carbocycles. The van der Waals surface area contributed by atoms with Gasteiger partial charge < -0.3 is 17.7 Å². The molecule has 0 radical (unpaired) electrons. The van der Waals surface area contributed by atoms with Gasteiger partial charge in [0.25, 0.3) is 0 Å². The molecule has 0 amide bonds. The van der Waals surface area contributed by atoms with Crippen molar-refractivity contribution in [1.29, 1.82) is 0 Å². The summed E-state index contributed by atoms with van der Waals surface area (Å²) in [5.41, 5.74) is 19.1. The van der Waals surface area contributed by atoms with Gasteiger partial charge in [-0.3, -0.25) is 0 Å². The van der Waals surface area contributed by atoms with E-state index in [1.54, 1.807) is 22.7 Å². The van der Waals surface area contributed by atoms with Gasteiger partial charge in [0.2, 0.25) is 0 Å². The lowest BCUT2D eigenvalue weighted by Gasteiger charge is -2.12. The van der Waals surface area contributed by atoms with Crippen molar-refractivity contribution in [2.75, 3.05) is 0 Å². The third kappa shape index (κ3) is 10.3. The molecule has 10 heterocycles. The van der Waals surface area contributed by atoms with Crippen molar-refractivity contribution < 1.29 is 17.7 Å². The molecule has 14 aromatic carbocycles. The molecule has 0 bridgehead atoms. The summed E-state index contributed by atoms with van der Waals surface area (Å²) in [5.74, 6) is 4.54. The Morgan fingerprint density at radius 2 is 0.579 bits per heavy atom. The molecule has 14 nitrogen and oxygen atoms in total. The second-order valence-corrected chi connectivity index (χ2v) is 30.6. The Morgan fingerprint density at radius 3 is 1.13 bits per heavy atom. The first-order valence-electron chi connectivity index (χ1n) is 37.4. The summed E-state index contributed by atoms with van der Waals surface area (Å²) in [6, 6.07) is 107.